The molecule has 1 aromatic heterocycles. The number of imide groups is 1. The molecule has 1 fully saturated rings. The number of aryl methyl sites for hydroxylation is 2. The molecule has 1 aliphatic heterocycles. The SMILES string of the molecule is Cc1sc2c(c1C)C1(CCC2)CC(=O)NC1=O. The van der Waals surface area contributed by atoms with E-state index in [1.54, 1.807) is 11.3 Å². The van der Waals surface area contributed by atoms with Gasteiger partial charge < -0.3 is 0 Å². The van der Waals surface area contributed by atoms with Crippen LogP contribution in [0.1, 0.15) is 40.1 Å². The van der Waals surface area contributed by atoms with Gasteiger partial charge in [0.15, 0.2) is 0 Å². The highest BCUT2D eigenvalue weighted by Gasteiger charge is 2.51. The van der Waals surface area contributed by atoms with Crippen LogP contribution >= 0.6 is 11.3 Å². The van der Waals surface area contributed by atoms with Gasteiger partial charge >= 0.3 is 0 Å². The maximum absolute atomic E-state index is 12.2. The summed E-state index contributed by atoms with van der Waals surface area (Å²) in [5, 5.41) is 2.48. The van der Waals surface area contributed by atoms with Gasteiger partial charge in [0, 0.05) is 16.2 Å². The third kappa shape index (κ3) is 1.33. The Morgan fingerprint density at radius 2 is 2.06 bits per heavy atom. The maximum atomic E-state index is 12.2. The molecule has 1 saturated heterocycles. The molecule has 1 atom stereocenters. The topological polar surface area (TPSA) is 46.2 Å². The van der Waals surface area contributed by atoms with Gasteiger partial charge in [-0.05, 0) is 44.2 Å². The maximum Gasteiger partial charge on any atom is 0.237 e. The highest BCUT2D eigenvalue weighted by Crippen LogP contribution is 2.47. The molecule has 17 heavy (non-hydrogen) atoms. The van der Waals surface area contributed by atoms with E-state index < -0.39 is 5.41 Å². The highest BCUT2D eigenvalue weighted by molar-refractivity contribution is 7.12. The molecule has 1 spiro atoms. The monoisotopic (exact) mass is 249 g/mol. The third-order valence-electron chi connectivity index (χ3n) is 4.09. The molecule has 0 radical (unpaired) electrons. The molecule has 2 aliphatic rings. The molecule has 0 aromatic carbocycles. The molecule has 3 nitrogen and oxygen atoms in total. The lowest BCUT2D eigenvalue weighted by molar-refractivity contribution is -0.126. The highest BCUT2D eigenvalue weighted by atomic mass is 32.1. The number of carbonyl (C=O) groups excluding carboxylic acids is 2. The average Bonchev–Trinajstić information content (AvgIpc) is 2.69. The zero-order valence-corrected chi connectivity index (χ0v) is 10.9. The second-order valence-electron chi connectivity index (χ2n) is 5.07. The molecular formula is C13H15NO2S. The van der Waals surface area contributed by atoms with Gasteiger partial charge in [0.25, 0.3) is 0 Å². The number of nitrogens with one attached hydrogen (secondary N) is 1. The number of amides is 2. The van der Waals surface area contributed by atoms with Crippen LogP contribution in [0.2, 0.25) is 0 Å². The van der Waals surface area contributed by atoms with E-state index in [9.17, 15) is 9.59 Å². The fraction of sp³-hybridized carbons (Fsp3) is 0.538. The average molecular weight is 249 g/mol. The van der Waals surface area contributed by atoms with E-state index >= 15 is 0 Å². The Kier molecular flexibility index (Phi) is 2.20. The zero-order chi connectivity index (χ0) is 12.2. The number of hydrogen-bond donors (Lipinski definition) is 1. The largest absolute Gasteiger partial charge is 0.296 e. The summed E-state index contributed by atoms with van der Waals surface area (Å²) in [5.74, 6) is -0.199. The van der Waals surface area contributed by atoms with E-state index in [-0.39, 0.29) is 11.8 Å². The van der Waals surface area contributed by atoms with Crippen molar-refractivity contribution in [1.29, 1.82) is 0 Å². The lowest BCUT2D eigenvalue weighted by atomic mass is 9.70. The minimum atomic E-state index is -0.542. The van der Waals surface area contributed by atoms with Gasteiger partial charge in [0.2, 0.25) is 11.8 Å². The van der Waals surface area contributed by atoms with Crippen molar-refractivity contribution in [2.75, 3.05) is 0 Å². The summed E-state index contributed by atoms with van der Waals surface area (Å²) >= 11 is 1.79. The molecule has 3 rings (SSSR count). The van der Waals surface area contributed by atoms with Crippen molar-refractivity contribution in [3.63, 3.8) is 0 Å². The van der Waals surface area contributed by atoms with Crippen molar-refractivity contribution in [2.24, 2.45) is 0 Å². The van der Waals surface area contributed by atoms with E-state index in [4.69, 9.17) is 0 Å². The van der Waals surface area contributed by atoms with E-state index in [1.165, 1.54) is 15.3 Å². The Labute approximate surface area is 104 Å². The van der Waals surface area contributed by atoms with Crippen LogP contribution in [-0.2, 0) is 21.4 Å². The van der Waals surface area contributed by atoms with Crippen molar-refractivity contribution in [2.45, 2.75) is 44.9 Å². The minimum absolute atomic E-state index is 0.0793. The van der Waals surface area contributed by atoms with Crippen molar-refractivity contribution in [3.8, 4) is 0 Å². The van der Waals surface area contributed by atoms with E-state index in [2.05, 4.69) is 19.2 Å². The summed E-state index contributed by atoms with van der Waals surface area (Å²) in [6.45, 7) is 4.18. The number of rotatable bonds is 0. The molecule has 2 heterocycles. The van der Waals surface area contributed by atoms with Gasteiger partial charge in [-0.2, -0.15) is 0 Å². The quantitative estimate of drug-likeness (QED) is 0.715. The minimum Gasteiger partial charge on any atom is -0.296 e. The zero-order valence-electron chi connectivity index (χ0n) is 10.1. The van der Waals surface area contributed by atoms with Crippen LogP contribution in [0.3, 0.4) is 0 Å². The number of carbonyl (C=O) groups is 2. The fourth-order valence-electron chi connectivity index (χ4n) is 3.22. The van der Waals surface area contributed by atoms with Crippen molar-refractivity contribution >= 4 is 23.2 Å². The van der Waals surface area contributed by atoms with Crippen LogP contribution in [0.15, 0.2) is 0 Å². The lowest BCUT2D eigenvalue weighted by Crippen LogP contribution is -2.38. The molecule has 0 saturated carbocycles. The number of thiophene rings is 1. The molecular weight excluding hydrogens is 234 g/mol. The molecule has 4 heteroatoms. The standard InChI is InChI=1S/C13H15NO2S/c1-7-8(2)17-9-4-3-5-13(11(7)9)6-10(15)14-12(13)16/h3-6H2,1-2H3,(H,14,15,16). The summed E-state index contributed by atoms with van der Waals surface area (Å²) < 4.78 is 0. The lowest BCUT2D eigenvalue weighted by Gasteiger charge is -2.31. The van der Waals surface area contributed by atoms with Crippen LogP contribution in [0.5, 0.6) is 0 Å². The van der Waals surface area contributed by atoms with Gasteiger partial charge in [0.1, 0.15) is 0 Å². The van der Waals surface area contributed by atoms with Gasteiger partial charge in [-0.3, -0.25) is 14.9 Å². The molecule has 1 unspecified atom stereocenters. The first-order chi connectivity index (χ1) is 8.04. The van der Waals surface area contributed by atoms with E-state index in [1.807, 2.05) is 0 Å². The predicted molar refractivity (Wildman–Crippen MR) is 66.2 cm³/mol. The molecule has 2 amide bonds. The second kappa shape index (κ2) is 3.42. The Morgan fingerprint density at radius 1 is 1.29 bits per heavy atom. The van der Waals surface area contributed by atoms with Gasteiger partial charge in [0.05, 0.1) is 5.41 Å². The van der Waals surface area contributed by atoms with Gasteiger partial charge in [-0.15, -0.1) is 11.3 Å². The van der Waals surface area contributed by atoms with Crippen LogP contribution in [-0.4, -0.2) is 11.8 Å². The summed E-state index contributed by atoms with van der Waals surface area (Å²) in [6.07, 6.45) is 3.22. The van der Waals surface area contributed by atoms with Crippen LogP contribution in [0.25, 0.3) is 0 Å². The second-order valence-corrected chi connectivity index (χ2v) is 6.38. The summed E-state index contributed by atoms with van der Waals surface area (Å²) in [6, 6.07) is 0. The van der Waals surface area contributed by atoms with Crippen LogP contribution in [0.4, 0.5) is 0 Å². The van der Waals surface area contributed by atoms with Crippen molar-refractivity contribution in [1.82, 2.24) is 5.32 Å². The molecule has 1 N–H and O–H groups in total. The normalized spacial score (nSPS) is 27.4. The summed E-state index contributed by atoms with van der Waals surface area (Å²) in [7, 11) is 0. The van der Waals surface area contributed by atoms with Gasteiger partial charge in [-0.1, -0.05) is 0 Å². The Bertz CT molecular complexity index is 532. The molecule has 0 bridgehead atoms. The molecule has 1 aromatic rings. The fourth-order valence-corrected chi connectivity index (χ4v) is 4.55. The summed E-state index contributed by atoms with van der Waals surface area (Å²) in [5.41, 5.74) is 1.84. The number of hydrogen-bond acceptors (Lipinski definition) is 3. The smallest absolute Gasteiger partial charge is 0.237 e. The number of fused-ring (bicyclic) bond motifs is 2. The van der Waals surface area contributed by atoms with Crippen LogP contribution < -0.4 is 5.32 Å². The first-order valence-electron chi connectivity index (χ1n) is 5.98. The van der Waals surface area contributed by atoms with E-state index in [0.29, 0.717) is 6.42 Å². The Balaban J connectivity index is 2.23. The first kappa shape index (κ1) is 11.0. The van der Waals surface area contributed by atoms with E-state index in [0.717, 1.165) is 24.8 Å². The van der Waals surface area contributed by atoms with Crippen molar-refractivity contribution in [3.05, 3.63) is 20.9 Å². The Hall–Kier alpha value is -1.16. The molecule has 90 valence electrons. The Morgan fingerprint density at radius 3 is 2.71 bits per heavy atom. The molecule has 1 aliphatic carbocycles. The summed E-state index contributed by atoms with van der Waals surface area (Å²) in [4.78, 5) is 26.3. The van der Waals surface area contributed by atoms with Gasteiger partial charge in [-0.25, -0.2) is 0 Å². The van der Waals surface area contributed by atoms with Crippen molar-refractivity contribution < 1.29 is 9.59 Å². The third-order valence-corrected chi connectivity index (χ3v) is 5.36. The predicted octanol–water partition coefficient (Wildman–Crippen LogP) is 1.99. The first-order valence-corrected chi connectivity index (χ1v) is 6.80. The van der Waals surface area contributed by atoms with Crippen LogP contribution in [0, 0.1) is 13.8 Å².